The van der Waals surface area contributed by atoms with E-state index in [-0.39, 0.29) is 15.5 Å². The molecule has 174 valence electrons. The molecular formula is C22H30N3O6S+. The van der Waals surface area contributed by atoms with Crippen LogP contribution in [0.1, 0.15) is 29.5 Å². The Morgan fingerprint density at radius 2 is 1.78 bits per heavy atom. The Labute approximate surface area is 188 Å². The normalized spacial score (nSPS) is 14.1. The summed E-state index contributed by atoms with van der Waals surface area (Å²) in [6.07, 6.45) is 2.45. The monoisotopic (exact) mass is 464 g/mol. The number of methoxy groups -OCH3 is 2. The fourth-order valence-corrected chi connectivity index (χ4v) is 5.21. The first-order chi connectivity index (χ1) is 15.2. The third-order valence-electron chi connectivity index (χ3n) is 5.67. The molecule has 2 N–H and O–H groups in total. The number of fused-ring (bicyclic) bond motifs is 1. The van der Waals surface area contributed by atoms with Crippen molar-refractivity contribution in [2.75, 3.05) is 33.9 Å². The molecule has 2 aromatic carbocycles. The van der Waals surface area contributed by atoms with Gasteiger partial charge in [-0.05, 0) is 61.6 Å². The van der Waals surface area contributed by atoms with Crippen molar-refractivity contribution < 1.29 is 28.0 Å². The molecule has 1 heterocycles. The molecule has 2 aromatic rings. The van der Waals surface area contributed by atoms with E-state index in [9.17, 15) is 13.3 Å². The van der Waals surface area contributed by atoms with E-state index in [2.05, 4.69) is 9.62 Å². The van der Waals surface area contributed by atoms with Crippen molar-refractivity contribution in [3.8, 4) is 11.5 Å². The van der Waals surface area contributed by atoms with Crippen molar-refractivity contribution in [3.05, 3.63) is 51.9 Å². The van der Waals surface area contributed by atoms with Crippen molar-refractivity contribution in [3.63, 3.8) is 0 Å². The first-order valence-electron chi connectivity index (χ1n) is 10.5. The van der Waals surface area contributed by atoms with Crippen LogP contribution in [-0.4, -0.2) is 57.3 Å². The van der Waals surface area contributed by atoms with E-state index in [1.165, 1.54) is 29.3 Å². The number of nitrogens with zero attached hydrogens (tertiary/aromatic N) is 2. The van der Waals surface area contributed by atoms with Crippen molar-refractivity contribution in [2.24, 2.45) is 0 Å². The summed E-state index contributed by atoms with van der Waals surface area (Å²) in [7, 11) is -0.508. The first-order valence-corrected chi connectivity index (χ1v) is 12.0. The van der Waals surface area contributed by atoms with Gasteiger partial charge in [0.05, 0.1) is 24.0 Å². The van der Waals surface area contributed by atoms with Crippen molar-refractivity contribution in [2.45, 2.75) is 37.6 Å². The van der Waals surface area contributed by atoms with Gasteiger partial charge in [-0.15, -0.1) is 0 Å². The molecule has 3 rings (SSSR count). The van der Waals surface area contributed by atoms with Gasteiger partial charge in [-0.1, -0.05) is 6.07 Å². The maximum absolute atomic E-state index is 12.6. The molecule has 1 aliphatic rings. The van der Waals surface area contributed by atoms with Crippen LogP contribution >= 0.6 is 0 Å². The van der Waals surface area contributed by atoms with Crippen LogP contribution in [0.3, 0.4) is 0 Å². The molecule has 0 saturated heterocycles. The molecule has 0 amide bonds. The molecular weight excluding hydrogens is 434 g/mol. The Kier molecular flexibility index (Phi) is 7.70. The van der Waals surface area contributed by atoms with Gasteiger partial charge in [0, 0.05) is 31.8 Å². The zero-order valence-electron chi connectivity index (χ0n) is 18.6. The quantitative estimate of drug-likeness (QED) is 0.411. The van der Waals surface area contributed by atoms with Gasteiger partial charge < -0.3 is 9.47 Å². The zero-order chi connectivity index (χ0) is 23.3. The minimum Gasteiger partial charge on any atom is -0.493 e. The van der Waals surface area contributed by atoms with Crippen molar-refractivity contribution >= 4 is 15.7 Å². The topological polar surface area (TPSA) is 108 Å². The predicted molar refractivity (Wildman–Crippen MR) is 119 cm³/mol. The minimum atomic E-state index is -3.77. The van der Waals surface area contributed by atoms with E-state index in [1.54, 1.807) is 21.1 Å². The Morgan fingerprint density at radius 1 is 1.09 bits per heavy atom. The van der Waals surface area contributed by atoms with Crippen LogP contribution in [0.4, 0.5) is 5.69 Å². The van der Waals surface area contributed by atoms with Crippen LogP contribution in [0.15, 0.2) is 35.2 Å². The summed E-state index contributed by atoms with van der Waals surface area (Å²) in [6.45, 7) is 4.55. The maximum atomic E-state index is 12.6. The molecule has 10 heteroatoms. The molecule has 9 nitrogen and oxygen atoms in total. The van der Waals surface area contributed by atoms with Gasteiger partial charge >= 0.3 is 5.69 Å². The molecule has 0 saturated carbocycles. The number of rotatable bonds is 10. The van der Waals surface area contributed by atoms with Crippen LogP contribution < -0.4 is 14.2 Å². The summed E-state index contributed by atoms with van der Waals surface area (Å²) in [5, 5.41) is 9.04. The molecule has 32 heavy (non-hydrogen) atoms. The molecule has 0 spiro atoms. The molecule has 0 aromatic heterocycles. The molecule has 0 atom stereocenters. The second-order valence-electron chi connectivity index (χ2n) is 7.83. The Hall–Kier alpha value is -2.69. The Balaban J connectivity index is 1.50. The van der Waals surface area contributed by atoms with E-state index >= 15 is 0 Å². The molecule has 0 unspecified atom stereocenters. The second kappa shape index (κ2) is 10.3. The highest BCUT2D eigenvalue weighted by molar-refractivity contribution is 7.89. The summed E-state index contributed by atoms with van der Waals surface area (Å²) < 4.78 is 38.6. The summed E-state index contributed by atoms with van der Waals surface area (Å²) in [4.78, 5) is 13.1. The van der Waals surface area contributed by atoms with Crippen LogP contribution in [-0.2, 0) is 23.0 Å². The Morgan fingerprint density at radius 3 is 2.44 bits per heavy atom. The van der Waals surface area contributed by atoms with Crippen molar-refractivity contribution in [1.82, 2.24) is 9.62 Å². The summed E-state index contributed by atoms with van der Waals surface area (Å²) in [6, 6.07) is 8.09. The molecule has 0 bridgehead atoms. The highest BCUT2D eigenvalue weighted by atomic mass is 32.2. The van der Waals surface area contributed by atoms with E-state index in [1.807, 2.05) is 12.1 Å². The molecule has 0 radical (unpaired) electrons. The standard InChI is InChI=1S/C22H30N3O6S/c1-16-6-7-19(25(26)27)14-22(16)32(28,29)23-9-4-5-10-24-11-8-17-12-20(30-2)21(31-3)13-18(17)15-24/h6-7,12-14,23H,4-5,8-11,15H2,1-3H3,(H,26,27)/q+1. The molecule has 1 aliphatic heterocycles. The second-order valence-corrected chi connectivity index (χ2v) is 9.57. The van der Waals surface area contributed by atoms with Gasteiger partial charge in [0.25, 0.3) is 4.92 Å². The number of sulfonamides is 1. The smallest absolute Gasteiger partial charge is 0.317 e. The van der Waals surface area contributed by atoms with Gasteiger partial charge in [-0.3, -0.25) is 4.90 Å². The number of hydrogen-bond acceptors (Lipinski definition) is 6. The lowest BCUT2D eigenvalue weighted by Gasteiger charge is -2.29. The lowest BCUT2D eigenvalue weighted by molar-refractivity contribution is -0.729. The lowest BCUT2D eigenvalue weighted by atomic mass is 9.98. The number of ether oxygens (including phenoxy) is 2. The first kappa shape index (κ1) is 24.0. The van der Waals surface area contributed by atoms with E-state index in [0.29, 0.717) is 18.5 Å². The summed E-state index contributed by atoms with van der Waals surface area (Å²) >= 11 is 0. The van der Waals surface area contributed by atoms with Crippen LogP contribution in [0.5, 0.6) is 11.5 Å². The Bertz CT molecular complexity index is 1090. The van der Waals surface area contributed by atoms with E-state index in [0.717, 1.165) is 44.0 Å². The third kappa shape index (κ3) is 5.56. The van der Waals surface area contributed by atoms with E-state index < -0.39 is 10.0 Å². The number of nitrogens with one attached hydrogen (secondary N) is 1. The number of hydrogen-bond donors (Lipinski definition) is 2. The van der Waals surface area contributed by atoms with Gasteiger partial charge in [-0.25, -0.2) is 18.3 Å². The van der Waals surface area contributed by atoms with Gasteiger partial charge in [0.2, 0.25) is 10.0 Å². The fourth-order valence-electron chi connectivity index (χ4n) is 3.87. The lowest BCUT2D eigenvalue weighted by Crippen LogP contribution is -2.32. The maximum Gasteiger partial charge on any atom is 0.317 e. The number of aryl methyl sites for hydroxylation is 1. The average molecular weight is 465 g/mol. The summed E-state index contributed by atoms with van der Waals surface area (Å²) in [5.41, 5.74) is 2.86. The van der Waals surface area contributed by atoms with E-state index in [4.69, 9.17) is 14.7 Å². The molecule has 0 fully saturated rings. The highest BCUT2D eigenvalue weighted by Gasteiger charge is 2.22. The van der Waals surface area contributed by atoms with Gasteiger partial charge in [0.15, 0.2) is 11.5 Å². The van der Waals surface area contributed by atoms with Gasteiger partial charge in [-0.2, -0.15) is 0 Å². The molecule has 0 aliphatic carbocycles. The third-order valence-corrected chi connectivity index (χ3v) is 7.28. The highest BCUT2D eigenvalue weighted by Crippen LogP contribution is 2.33. The van der Waals surface area contributed by atoms with Gasteiger partial charge in [0.1, 0.15) is 0 Å². The SMILES string of the molecule is COc1cc2c(cc1OC)CN(CCCCNS(=O)(=O)c1cc([N+](=O)O)ccc1C)CC2. The largest absolute Gasteiger partial charge is 0.493 e. The average Bonchev–Trinajstić information content (AvgIpc) is 2.77. The number of unbranched alkanes of at least 4 members (excludes halogenated alkanes) is 1. The summed E-state index contributed by atoms with van der Waals surface area (Å²) in [5.74, 6) is 1.47. The predicted octanol–water partition coefficient (Wildman–Crippen LogP) is 2.93. The van der Waals surface area contributed by atoms with Crippen LogP contribution in [0.2, 0.25) is 0 Å². The zero-order valence-corrected chi connectivity index (χ0v) is 19.4. The van der Waals surface area contributed by atoms with Crippen LogP contribution in [0.25, 0.3) is 0 Å². The minimum absolute atomic E-state index is 0.0121. The fraction of sp³-hybridized carbons (Fsp3) is 0.455. The number of benzene rings is 2. The van der Waals surface area contributed by atoms with Crippen LogP contribution in [0, 0.1) is 11.8 Å². The van der Waals surface area contributed by atoms with Crippen molar-refractivity contribution in [1.29, 1.82) is 0 Å².